The molecule has 1 aromatic heterocycles. The van der Waals surface area contributed by atoms with Gasteiger partial charge in [0.1, 0.15) is 12.2 Å². The van der Waals surface area contributed by atoms with E-state index in [0.29, 0.717) is 30.5 Å². The molecule has 0 unspecified atom stereocenters. The largest absolute Gasteiger partial charge is 0.482 e. The fourth-order valence-corrected chi connectivity index (χ4v) is 3.52. The Bertz CT molecular complexity index is 817. The summed E-state index contributed by atoms with van der Waals surface area (Å²) >= 11 is 0. The summed E-state index contributed by atoms with van der Waals surface area (Å²) in [5.74, 6) is 1.93. The van der Waals surface area contributed by atoms with Crippen LogP contribution in [-0.4, -0.2) is 47.2 Å². The number of hydrogen-bond acceptors (Lipinski definition) is 5. The van der Waals surface area contributed by atoms with Crippen LogP contribution in [0, 0.1) is 6.92 Å². The number of ether oxygens (including phenoxy) is 3. The smallest absolute Gasteiger partial charge is 0.267 e. The van der Waals surface area contributed by atoms with Gasteiger partial charge in [0.25, 0.3) is 5.91 Å². The Morgan fingerprint density at radius 2 is 1.78 bits per heavy atom. The van der Waals surface area contributed by atoms with E-state index in [1.54, 1.807) is 0 Å². The van der Waals surface area contributed by atoms with Crippen molar-refractivity contribution in [3.63, 3.8) is 0 Å². The van der Waals surface area contributed by atoms with Crippen molar-refractivity contribution in [3.05, 3.63) is 48.2 Å². The Labute approximate surface area is 159 Å². The monoisotopic (exact) mass is 368 g/mol. The number of fused-ring (bicyclic) bond motifs is 1. The van der Waals surface area contributed by atoms with Crippen LogP contribution < -0.4 is 14.2 Å². The zero-order valence-corrected chi connectivity index (χ0v) is 15.6. The van der Waals surface area contributed by atoms with E-state index in [2.05, 4.69) is 4.98 Å². The third kappa shape index (κ3) is 3.84. The molecule has 0 spiro atoms. The van der Waals surface area contributed by atoms with E-state index in [4.69, 9.17) is 14.2 Å². The number of amides is 1. The number of rotatable bonds is 3. The number of para-hydroxylation sites is 2. The minimum absolute atomic E-state index is 0.0240. The van der Waals surface area contributed by atoms with Crippen LogP contribution in [-0.2, 0) is 4.79 Å². The number of piperidine rings is 1. The number of aromatic nitrogens is 1. The molecule has 0 radical (unpaired) electrons. The summed E-state index contributed by atoms with van der Waals surface area (Å²) in [4.78, 5) is 19.2. The van der Waals surface area contributed by atoms with E-state index in [-0.39, 0.29) is 18.1 Å². The number of hydrogen-bond donors (Lipinski definition) is 0. The predicted molar refractivity (Wildman–Crippen MR) is 100 cm³/mol. The van der Waals surface area contributed by atoms with Gasteiger partial charge < -0.3 is 19.1 Å². The normalized spacial score (nSPS) is 22.4. The zero-order valence-electron chi connectivity index (χ0n) is 15.6. The first-order chi connectivity index (χ1) is 13.1. The fraction of sp³-hybridized carbons (Fsp3) is 0.429. The molecule has 1 amide bonds. The highest BCUT2D eigenvalue weighted by Crippen LogP contribution is 2.34. The summed E-state index contributed by atoms with van der Waals surface area (Å²) in [5, 5.41) is 0. The lowest BCUT2D eigenvalue weighted by molar-refractivity contribution is -0.146. The first-order valence-electron chi connectivity index (χ1n) is 9.41. The van der Waals surface area contributed by atoms with Crippen molar-refractivity contribution in [1.29, 1.82) is 0 Å². The van der Waals surface area contributed by atoms with Gasteiger partial charge in [-0.15, -0.1) is 0 Å². The summed E-state index contributed by atoms with van der Waals surface area (Å²) in [6.07, 6.45) is 0.693. The molecule has 2 aromatic rings. The predicted octanol–water partition coefficient (Wildman–Crippen LogP) is 2.99. The summed E-state index contributed by atoms with van der Waals surface area (Å²) in [6, 6.07) is 13.2. The van der Waals surface area contributed by atoms with E-state index < -0.39 is 6.10 Å². The molecule has 0 aliphatic carbocycles. The van der Waals surface area contributed by atoms with Crippen molar-refractivity contribution in [3.8, 4) is 17.4 Å². The molecule has 1 aromatic carbocycles. The molecule has 6 heteroatoms. The molecule has 1 saturated heterocycles. The molecule has 6 nitrogen and oxygen atoms in total. The second-order valence-corrected chi connectivity index (χ2v) is 7.07. The van der Waals surface area contributed by atoms with Gasteiger partial charge in [-0.05, 0) is 32.0 Å². The van der Waals surface area contributed by atoms with E-state index in [1.807, 2.05) is 61.2 Å². The van der Waals surface area contributed by atoms with Gasteiger partial charge in [-0.2, -0.15) is 0 Å². The van der Waals surface area contributed by atoms with Crippen molar-refractivity contribution in [1.82, 2.24) is 9.88 Å². The third-order valence-corrected chi connectivity index (χ3v) is 4.99. The average molecular weight is 368 g/mol. The molecular formula is C21H24N2O4. The standard InChI is InChI=1S/C21H24N2O4/c1-14-6-5-9-19(22-14)26-16-10-12-23(13-11-16)21(24)20-15(2)25-17-7-3-4-8-18(17)27-20/h3-9,15-16,20H,10-13H2,1-2H3/t15-,20+/m1/s1. The van der Waals surface area contributed by atoms with Crippen molar-refractivity contribution >= 4 is 5.91 Å². The quantitative estimate of drug-likeness (QED) is 0.834. The average Bonchev–Trinajstić information content (AvgIpc) is 2.67. The number of benzene rings is 1. The zero-order chi connectivity index (χ0) is 18.8. The molecule has 4 rings (SSSR count). The maximum atomic E-state index is 13.0. The number of carbonyl (C=O) groups excluding carboxylic acids is 1. The molecule has 2 aliphatic rings. The van der Waals surface area contributed by atoms with Crippen LogP contribution in [0.25, 0.3) is 0 Å². The molecule has 1 fully saturated rings. The molecule has 0 saturated carbocycles. The van der Waals surface area contributed by atoms with Gasteiger partial charge >= 0.3 is 0 Å². The molecule has 0 bridgehead atoms. The first kappa shape index (κ1) is 17.6. The summed E-state index contributed by atoms with van der Waals surface area (Å²) < 4.78 is 17.8. The molecule has 3 heterocycles. The molecule has 2 aliphatic heterocycles. The van der Waals surface area contributed by atoms with Gasteiger partial charge in [-0.1, -0.05) is 18.2 Å². The highest BCUT2D eigenvalue weighted by molar-refractivity contribution is 5.82. The highest BCUT2D eigenvalue weighted by Gasteiger charge is 2.38. The van der Waals surface area contributed by atoms with Crippen molar-refractivity contribution < 1.29 is 19.0 Å². The summed E-state index contributed by atoms with van der Waals surface area (Å²) in [7, 11) is 0. The maximum Gasteiger partial charge on any atom is 0.267 e. The van der Waals surface area contributed by atoms with E-state index in [0.717, 1.165) is 18.5 Å². The summed E-state index contributed by atoms with van der Waals surface area (Å²) in [5.41, 5.74) is 0.934. The Balaban J connectivity index is 1.35. The van der Waals surface area contributed by atoms with Crippen molar-refractivity contribution in [2.75, 3.05) is 13.1 Å². The number of aryl methyl sites for hydroxylation is 1. The van der Waals surface area contributed by atoms with Crippen LogP contribution in [0.3, 0.4) is 0 Å². The van der Waals surface area contributed by atoms with Crippen LogP contribution in [0.15, 0.2) is 42.5 Å². The van der Waals surface area contributed by atoms with Gasteiger partial charge in [0.05, 0.1) is 0 Å². The van der Waals surface area contributed by atoms with Gasteiger partial charge in [-0.25, -0.2) is 4.98 Å². The van der Waals surface area contributed by atoms with E-state index in [9.17, 15) is 4.79 Å². The van der Waals surface area contributed by atoms with Crippen LogP contribution in [0.1, 0.15) is 25.5 Å². The van der Waals surface area contributed by atoms with E-state index in [1.165, 1.54) is 0 Å². The number of likely N-dealkylation sites (tertiary alicyclic amines) is 1. The second-order valence-electron chi connectivity index (χ2n) is 7.07. The Morgan fingerprint density at radius 3 is 2.48 bits per heavy atom. The highest BCUT2D eigenvalue weighted by atomic mass is 16.6. The molecule has 142 valence electrons. The molecule has 2 atom stereocenters. The van der Waals surface area contributed by atoms with Crippen LogP contribution >= 0.6 is 0 Å². The molecule has 0 N–H and O–H groups in total. The second kappa shape index (κ2) is 7.47. The van der Waals surface area contributed by atoms with Crippen LogP contribution in [0.5, 0.6) is 17.4 Å². The van der Waals surface area contributed by atoms with Crippen LogP contribution in [0.4, 0.5) is 0 Å². The van der Waals surface area contributed by atoms with Crippen molar-refractivity contribution in [2.24, 2.45) is 0 Å². The van der Waals surface area contributed by atoms with Gasteiger partial charge in [0.15, 0.2) is 11.5 Å². The Hall–Kier alpha value is -2.76. The minimum Gasteiger partial charge on any atom is -0.482 e. The van der Waals surface area contributed by atoms with Gasteiger partial charge in [-0.3, -0.25) is 4.79 Å². The SMILES string of the molecule is Cc1cccc(OC2CCN(C(=O)[C@H]3Oc4ccccc4O[C@@H]3C)CC2)n1. The lowest BCUT2D eigenvalue weighted by atomic mass is 10.1. The lowest BCUT2D eigenvalue weighted by Gasteiger charge is -2.37. The first-order valence-corrected chi connectivity index (χ1v) is 9.41. The van der Waals surface area contributed by atoms with Crippen LogP contribution in [0.2, 0.25) is 0 Å². The number of pyridine rings is 1. The fourth-order valence-electron chi connectivity index (χ4n) is 3.52. The Morgan fingerprint density at radius 1 is 1.07 bits per heavy atom. The minimum atomic E-state index is -0.615. The number of nitrogens with zero attached hydrogens (tertiary/aromatic N) is 2. The lowest BCUT2D eigenvalue weighted by Crippen LogP contribution is -2.53. The molecular weight excluding hydrogens is 344 g/mol. The third-order valence-electron chi connectivity index (χ3n) is 4.99. The van der Waals surface area contributed by atoms with Gasteiger partial charge in [0.2, 0.25) is 12.0 Å². The van der Waals surface area contributed by atoms with Gasteiger partial charge in [0, 0.05) is 37.7 Å². The molecule has 27 heavy (non-hydrogen) atoms. The Kier molecular flexibility index (Phi) is 4.88. The number of carbonyl (C=O) groups is 1. The maximum absolute atomic E-state index is 13.0. The van der Waals surface area contributed by atoms with E-state index >= 15 is 0 Å². The van der Waals surface area contributed by atoms with Crippen molar-refractivity contribution in [2.45, 2.75) is 45.0 Å². The summed E-state index contributed by atoms with van der Waals surface area (Å²) in [6.45, 7) is 5.10. The topological polar surface area (TPSA) is 60.9 Å².